The second kappa shape index (κ2) is 8.16. The maximum atomic E-state index is 10.2. The lowest BCUT2D eigenvalue weighted by molar-refractivity contribution is -0.136. The largest absolute Gasteiger partial charge is 0.496 e. The SMILES string of the molecule is C=C(C)C(=O)OC.C=Cc1ccccc1OC. The highest BCUT2D eigenvalue weighted by molar-refractivity contribution is 5.86. The van der Waals surface area contributed by atoms with Crippen LogP contribution in [0.1, 0.15) is 12.5 Å². The van der Waals surface area contributed by atoms with Crippen molar-refractivity contribution in [2.24, 2.45) is 0 Å². The Morgan fingerprint density at radius 1 is 1.29 bits per heavy atom. The summed E-state index contributed by atoms with van der Waals surface area (Å²) >= 11 is 0. The molecule has 0 fully saturated rings. The number of hydrogen-bond donors (Lipinski definition) is 0. The second-order valence-electron chi connectivity index (χ2n) is 3.22. The monoisotopic (exact) mass is 234 g/mol. The van der Waals surface area contributed by atoms with Gasteiger partial charge in [-0.15, -0.1) is 0 Å². The molecule has 0 heterocycles. The predicted octanol–water partition coefficient (Wildman–Crippen LogP) is 3.07. The van der Waals surface area contributed by atoms with E-state index in [-0.39, 0.29) is 5.97 Å². The van der Waals surface area contributed by atoms with Gasteiger partial charge in [-0.25, -0.2) is 4.79 Å². The van der Waals surface area contributed by atoms with Crippen molar-refractivity contribution in [2.75, 3.05) is 14.2 Å². The first-order chi connectivity index (χ1) is 8.06. The maximum Gasteiger partial charge on any atom is 0.332 e. The number of para-hydroxylation sites is 1. The van der Waals surface area contributed by atoms with Gasteiger partial charge >= 0.3 is 5.97 Å². The van der Waals surface area contributed by atoms with E-state index in [1.807, 2.05) is 24.3 Å². The standard InChI is InChI=1S/C9H10O.C5H8O2/c1-3-8-6-4-5-7-9(8)10-2;1-4(2)5(6)7-3/h3-7H,1H2,2H3;1H2,2-3H3. The Balaban J connectivity index is 0.000000325. The van der Waals surface area contributed by atoms with Crippen molar-refractivity contribution in [3.63, 3.8) is 0 Å². The highest BCUT2D eigenvalue weighted by Gasteiger charge is 1.95. The van der Waals surface area contributed by atoms with E-state index in [1.165, 1.54) is 7.11 Å². The van der Waals surface area contributed by atoms with Crippen LogP contribution in [0.5, 0.6) is 5.75 Å². The van der Waals surface area contributed by atoms with Gasteiger partial charge in [-0.3, -0.25) is 0 Å². The first-order valence-electron chi connectivity index (χ1n) is 5.06. The lowest BCUT2D eigenvalue weighted by Crippen LogP contribution is -1.98. The van der Waals surface area contributed by atoms with Crippen molar-refractivity contribution in [1.29, 1.82) is 0 Å². The molecular formula is C14H18O3. The summed E-state index contributed by atoms with van der Waals surface area (Å²) in [6.07, 6.45) is 1.78. The van der Waals surface area contributed by atoms with Crippen molar-refractivity contribution in [2.45, 2.75) is 6.92 Å². The molecule has 3 heteroatoms. The molecule has 3 nitrogen and oxygen atoms in total. The van der Waals surface area contributed by atoms with Gasteiger partial charge in [0, 0.05) is 11.1 Å². The third-order valence-electron chi connectivity index (χ3n) is 1.89. The minimum Gasteiger partial charge on any atom is -0.496 e. The Morgan fingerprint density at radius 3 is 2.18 bits per heavy atom. The fourth-order valence-electron chi connectivity index (χ4n) is 1.01. The number of benzene rings is 1. The molecule has 0 atom stereocenters. The van der Waals surface area contributed by atoms with E-state index in [9.17, 15) is 4.79 Å². The average Bonchev–Trinajstić information content (AvgIpc) is 2.38. The van der Waals surface area contributed by atoms with Crippen LogP contribution in [0.25, 0.3) is 6.08 Å². The van der Waals surface area contributed by atoms with Gasteiger partial charge in [0.2, 0.25) is 0 Å². The van der Waals surface area contributed by atoms with Gasteiger partial charge in [0.15, 0.2) is 0 Å². The van der Waals surface area contributed by atoms with Gasteiger partial charge in [0.05, 0.1) is 14.2 Å². The molecule has 1 aromatic rings. The zero-order chi connectivity index (χ0) is 13.3. The first kappa shape index (κ1) is 15.0. The van der Waals surface area contributed by atoms with Crippen LogP contribution in [0.15, 0.2) is 43.0 Å². The zero-order valence-electron chi connectivity index (χ0n) is 10.5. The smallest absolute Gasteiger partial charge is 0.332 e. The number of methoxy groups -OCH3 is 2. The molecule has 0 unspecified atom stereocenters. The minimum absolute atomic E-state index is 0.347. The molecule has 0 saturated carbocycles. The number of carbonyl (C=O) groups is 1. The van der Waals surface area contributed by atoms with Crippen LogP contribution in [0.4, 0.5) is 0 Å². The van der Waals surface area contributed by atoms with Gasteiger partial charge in [-0.05, 0) is 13.0 Å². The topological polar surface area (TPSA) is 35.5 Å². The fourth-order valence-corrected chi connectivity index (χ4v) is 1.01. The summed E-state index contributed by atoms with van der Waals surface area (Å²) < 4.78 is 9.34. The average molecular weight is 234 g/mol. The fraction of sp³-hybridized carbons (Fsp3) is 0.214. The van der Waals surface area contributed by atoms with E-state index in [2.05, 4.69) is 17.9 Å². The van der Waals surface area contributed by atoms with Crippen LogP contribution in [0, 0.1) is 0 Å². The molecule has 0 aromatic heterocycles. The highest BCUT2D eigenvalue weighted by Crippen LogP contribution is 2.17. The van der Waals surface area contributed by atoms with Crippen LogP contribution in [0.3, 0.4) is 0 Å². The first-order valence-corrected chi connectivity index (χ1v) is 5.06. The molecule has 1 aromatic carbocycles. The Bertz CT molecular complexity index is 394. The molecule has 0 aliphatic heterocycles. The molecule has 0 bridgehead atoms. The summed E-state index contributed by atoms with van der Waals surface area (Å²) in [5.74, 6) is 0.525. The third kappa shape index (κ3) is 5.56. The molecule has 1 rings (SSSR count). The molecule has 0 aliphatic rings. The molecular weight excluding hydrogens is 216 g/mol. The minimum atomic E-state index is -0.347. The number of esters is 1. The van der Waals surface area contributed by atoms with Crippen molar-refractivity contribution in [3.05, 3.63) is 48.6 Å². The van der Waals surface area contributed by atoms with Crippen LogP contribution < -0.4 is 4.74 Å². The molecule has 92 valence electrons. The van der Waals surface area contributed by atoms with Crippen LogP contribution in [-0.2, 0) is 9.53 Å². The van der Waals surface area contributed by atoms with Gasteiger partial charge < -0.3 is 9.47 Å². The van der Waals surface area contributed by atoms with Gasteiger partial charge in [0.1, 0.15) is 5.75 Å². The van der Waals surface area contributed by atoms with Gasteiger partial charge in [-0.1, -0.05) is 37.4 Å². The summed E-state index contributed by atoms with van der Waals surface area (Å²) in [4.78, 5) is 10.2. The van der Waals surface area contributed by atoms with E-state index >= 15 is 0 Å². The summed E-state index contributed by atoms with van der Waals surface area (Å²) in [6.45, 7) is 8.61. The lowest BCUT2D eigenvalue weighted by atomic mass is 10.2. The summed E-state index contributed by atoms with van der Waals surface area (Å²) in [5, 5.41) is 0. The van der Waals surface area contributed by atoms with Crippen LogP contribution in [-0.4, -0.2) is 20.2 Å². The highest BCUT2D eigenvalue weighted by atomic mass is 16.5. The summed E-state index contributed by atoms with van der Waals surface area (Å²) in [7, 11) is 2.99. The van der Waals surface area contributed by atoms with Gasteiger partial charge in [0.25, 0.3) is 0 Å². The number of carbonyl (C=O) groups excluding carboxylic acids is 1. The van der Waals surface area contributed by atoms with E-state index in [1.54, 1.807) is 20.1 Å². The van der Waals surface area contributed by atoms with E-state index in [0.717, 1.165) is 11.3 Å². The third-order valence-corrected chi connectivity index (χ3v) is 1.89. The van der Waals surface area contributed by atoms with Crippen LogP contribution >= 0.6 is 0 Å². The summed E-state index contributed by atoms with van der Waals surface area (Å²) in [5.41, 5.74) is 1.47. The van der Waals surface area contributed by atoms with Crippen molar-refractivity contribution >= 4 is 12.0 Å². The molecule has 0 saturated heterocycles. The number of hydrogen-bond acceptors (Lipinski definition) is 3. The maximum absolute atomic E-state index is 10.2. The quantitative estimate of drug-likeness (QED) is 0.595. The van der Waals surface area contributed by atoms with E-state index in [4.69, 9.17) is 4.74 Å². The molecule has 0 spiro atoms. The Morgan fingerprint density at radius 2 is 1.88 bits per heavy atom. The van der Waals surface area contributed by atoms with Crippen molar-refractivity contribution in [1.82, 2.24) is 0 Å². The predicted molar refractivity (Wildman–Crippen MR) is 69.9 cm³/mol. The molecule has 17 heavy (non-hydrogen) atoms. The Kier molecular flexibility index (Phi) is 7.19. The van der Waals surface area contributed by atoms with Crippen molar-refractivity contribution in [3.8, 4) is 5.75 Å². The lowest BCUT2D eigenvalue weighted by Gasteiger charge is -2.01. The van der Waals surface area contributed by atoms with E-state index < -0.39 is 0 Å². The van der Waals surface area contributed by atoms with E-state index in [0.29, 0.717) is 5.57 Å². The number of ether oxygens (including phenoxy) is 2. The van der Waals surface area contributed by atoms with Crippen molar-refractivity contribution < 1.29 is 14.3 Å². The molecule has 0 radical (unpaired) electrons. The molecule has 0 amide bonds. The Hall–Kier alpha value is -2.03. The zero-order valence-corrected chi connectivity index (χ0v) is 10.5. The Labute approximate surface area is 102 Å². The second-order valence-corrected chi connectivity index (χ2v) is 3.22. The summed E-state index contributed by atoms with van der Waals surface area (Å²) in [6, 6.07) is 7.77. The number of rotatable bonds is 3. The molecule has 0 aliphatic carbocycles. The van der Waals surface area contributed by atoms with Crippen LogP contribution in [0.2, 0.25) is 0 Å². The molecule has 0 N–H and O–H groups in total. The van der Waals surface area contributed by atoms with Gasteiger partial charge in [-0.2, -0.15) is 0 Å². The normalized spacial score (nSPS) is 8.41.